The summed E-state index contributed by atoms with van der Waals surface area (Å²) in [6.07, 6.45) is 4.19. The fourth-order valence-electron chi connectivity index (χ4n) is 4.63. The zero-order valence-electron chi connectivity index (χ0n) is 16.3. The summed E-state index contributed by atoms with van der Waals surface area (Å²) in [5.41, 5.74) is 1.39. The molecule has 2 atom stereocenters. The number of rotatable bonds is 4. The summed E-state index contributed by atoms with van der Waals surface area (Å²) in [4.78, 5) is 0. The van der Waals surface area contributed by atoms with Crippen molar-refractivity contribution in [2.45, 2.75) is 90.0 Å². The van der Waals surface area contributed by atoms with Crippen LogP contribution in [0.3, 0.4) is 0 Å². The third-order valence-corrected chi connectivity index (χ3v) is 12.4. The van der Waals surface area contributed by atoms with E-state index in [0.29, 0.717) is 12.0 Å². The van der Waals surface area contributed by atoms with Gasteiger partial charge in [-0.15, -0.1) is 0 Å². The van der Waals surface area contributed by atoms with Gasteiger partial charge in [-0.2, -0.15) is 0 Å². The highest BCUT2D eigenvalue weighted by Gasteiger charge is 2.61. The lowest BCUT2D eigenvalue weighted by Crippen LogP contribution is -2.51. The average molecular weight is 333 g/mol. The molecule has 0 amide bonds. The van der Waals surface area contributed by atoms with Crippen LogP contribution in [0.2, 0.25) is 16.1 Å². The Morgan fingerprint density at radius 3 is 2.04 bits per heavy atom. The highest BCUT2D eigenvalue weighted by Crippen LogP contribution is 2.62. The van der Waals surface area contributed by atoms with Gasteiger partial charge in [0.05, 0.1) is 6.10 Å². The predicted octanol–water partition coefficient (Wildman–Crippen LogP) is 7.11. The average Bonchev–Trinajstić information content (AvgIpc) is 2.86. The topological polar surface area (TPSA) is 9.23 Å². The first-order valence-electron chi connectivity index (χ1n) is 9.35. The fourth-order valence-corrected chi connectivity index (χ4v) is 10.8. The van der Waals surface area contributed by atoms with Gasteiger partial charge in [0, 0.05) is 0 Å². The van der Waals surface area contributed by atoms with Crippen molar-refractivity contribution < 1.29 is 4.43 Å². The molecule has 130 valence electrons. The lowest BCUT2D eigenvalue weighted by atomic mass is 9.93. The molecule has 0 aliphatic carbocycles. The number of unbranched alkanes of at least 4 members (excludes halogenated alkanes) is 1. The van der Waals surface area contributed by atoms with Crippen LogP contribution in [0.5, 0.6) is 0 Å². The lowest BCUT2D eigenvalue weighted by Gasteiger charge is -2.48. The maximum Gasteiger partial charge on any atom is 0.204 e. The zero-order chi connectivity index (χ0) is 17.3. The molecular formula is C21H36OSi. The van der Waals surface area contributed by atoms with Crippen molar-refractivity contribution in [2.75, 3.05) is 0 Å². The quantitative estimate of drug-likeness (QED) is 0.534. The van der Waals surface area contributed by atoms with Gasteiger partial charge < -0.3 is 4.43 Å². The van der Waals surface area contributed by atoms with Crippen LogP contribution in [0.15, 0.2) is 30.3 Å². The molecule has 2 rings (SSSR count). The largest absolute Gasteiger partial charge is 0.409 e. The van der Waals surface area contributed by atoms with Crippen molar-refractivity contribution >= 4 is 8.32 Å². The second kappa shape index (κ2) is 6.72. The molecule has 0 aromatic heterocycles. The number of benzene rings is 1. The van der Waals surface area contributed by atoms with Crippen LogP contribution >= 0.6 is 0 Å². The Labute approximate surface area is 145 Å². The van der Waals surface area contributed by atoms with Gasteiger partial charge >= 0.3 is 0 Å². The molecule has 1 aliphatic heterocycles. The van der Waals surface area contributed by atoms with Crippen LogP contribution in [0.1, 0.15) is 79.4 Å². The first-order chi connectivity index (χ1) is 10.6. The smallest absolute Gasteiger partial charge is 0.204 e. The summed E-state index contributed by atoms with van der Waals surface area (Å²) in [5.74, 6) is 0.683. The van der Waals surface area contributed by atoms with Crippen LogP contribution in [0.25, 0.3) is 0 Å². The molecular weight excluding hydrogens is 296 g/mol. The van der Waals surface area contributed by atoms with Crippen LogP contribution < -0.4 is 0 Å². The number of hydrogen-bond acceptors (Lipinski definition) is 1. The molecule has 0 saturated carbocycles. The Morgan fingerprint density at radius 2 is 1.57 bits per heavy atom. The molecule has 1 aromatic rings. The highest BCUT2D eigenvalue weighted by molar-refractivity contribution is 6.80. The van der Waals surface area contributed by atoms with E-state index in [2.05, 4.69) is 78.8 Å². The molecule has 23 heavy (non-hydrogen) atoms. The van der Waals surface area contributed by atoms with E-state index < -0.39 is 8.32 Å². The molecule has 1 heterocycles. The van der Waals surface area contributed by atoms with Crippen molar-refractivity contribution in [3.05, 3.63) is 35.9 Å². The predicted molar refractivity (Wildman–Crippen MR) is 103 cm³/mol. The maximum absolute atomic E-state index is 7.11. The molecule has 1 fully saturated rings. The molecule has 1 saturated heterocycles. The summed E-state index contributed by atoms with van der Waals surface area (Å²) >= 11 is 0. The summed E-state index contributed by atoms with van der Waals surface area (Å²) in [6.45, 7) is 16.8. The van der Waals surface area contributed by atoms with E-state index in [4.69, 9.17) is 4.43 Å². The minimum Gasteiger partial charge on any atom is -0.409 e. The monoisotopic (exact) mass is 332 g/mol. The third kappa shape index (κ3) is 3.58. The summed E-state index contributed by atoms with van der Waals surface area (Å²) in [5, 5.41) is 0.526. The molecule has 0 bridgehead atoms. The Hall–Kier alpha value is -0.603. The van der Waals surface area contributed by atoms with Gasteiger partial charge in [-0.1, -0.05) is 91.6 Å². The van der Waals surface area contributed by atoms with Crippen LogP contribution in [-0.4, -0.2) is 8.32 Å². The molecule has 1 aromatic carbocycles. The summed E-state index contributed by atoms with van der Waals surface area (Å²) in [7, 11) is -1.89. The van der Waals surface area contributed by atoms with Crippen molar-refractivity contribution in [1.29, 1.82) is 0 Å². The molecule has 0 spiro atoms. The van der Waals surface area contributed by atoms with Gasteiger partial charge in [-0.05, 0) is 34.0 Å². The number of hydrogen-bond donors (Lipinski definition) is 0. The third-order valence-electron chi connectivity index (χ3n) is 5.79. The maximum atomic E-state index is 7.11. The van der Waals surface area contributed by atoms with E-state index in [9.17, 15) is 0 Å². The van der Waals surface area contributed by atoms with Gasteiger partial charge in [-0.3, -0.25) is 0 Å². The lowest BCUT2D eigenvalue weighted by molar-refractivity contribution is 0.157. The molecule has 2 heteroatoms. The van der Waals surface area contributed by atoms with Gasteiger partial charge in [0.15, 0.2) is 0 Å². The molecule has 0 unspecified atom stereocenters. The standard InChI is InChI=1S/C21H36OSi/c1-8-9-13-18-16-23(20(2,3)4,21(5,6)7)22-19(18)17-14-11-10-12-15-17/h10-12,14-15,18-19H,8-9,13,16H2,1-7H3/t18-,19-/m0/s1. The second-order valence-corrected chi connectivity index (χ2v) is 14.7. The SMILES string of the molecule is CCCC[C@H]1C[Si](C(C)(C)C)(C(C)(C)C)O[C@H]1c1ccccc1. The van der Waals surface area contributed by atoms with E-state index in [1.165, 1.54) is 30.9 Å². The van der Waals surface area contributed by atoms with Crippen molar-refractivity contribution in [1.82, 2.24) is 0 Å². The van der Waals surface area contributed by atoms with Gasteiger partial charge in [0.25, 0.3) is 0 Å². The van der Waals surface area contributed by atoms with Gasteiger partial charge in [-0.25, -0.2) is 0 Å². The molecule has 0 N–H and O–H groups in total. The Kier molecular flexibility index (Phi) is 5.47. The van der Waals surface area contributed by atoms with Crippen LogP contribution in [0, 0.1) is 5.92 Å². The van der Waals surface area contributed by atoms with Crippen LogP contribution in [-0.2, 0) is 4.43 Å². The minimum absolute atomic E-state index is 0.263. The van der Waals surface area contributed by atoms with Gasteiger partial charge in [0.1, 0.15) is 0 Å². The fraction of sp³-hybridized carbons (Fsp3) is 0.714. The molecule has 1 aliphatic rings. The van der Waals surface area contributed by atoms with Crippen LogP contribution in [0.4, 0.5) is 0 Å². The van der Waals surface area contributed by atoms with E-state index in [-0.39, 0.29) is 10.1 Å². The summed E-state index contributed by atoms with van der Waals surface area (Å²) < 4.78 is 7.11. The van der Waals surface area contributed by atoms with Crippen molar-refractivity contribution in [3.63, 3.8) is 0 Å². The van der Waals surface area contributed by atoms with Crippen molar-refractivity contribution in [3.8, 4) is 0 Å². The first-order valence-corrected chi connectivity index (χ1v) is 11.5. The Balaban J connectivity index is 2.42. The minimum atomic E-state index is -1.89. The second-order valence-electron chi connectivity index (χ2n) is 9.38. The Morgan fingerprint density at radius 1 is 1.00 bits per heavy atom. The van der Waals surface area contributed by atoms with E-state index in [1.54, 1.807) is 0 Å². The highest BCUT2D eigenvalue weighted by atomic mass is 28.4. The zero-order valence-corrected chi connectivity index (χ0v) is 17.3. The Bertz CT molecular complexity index is 481. The molecule has 1 nitrogen and oxygen atoms in total. The van der Waals surface area contributed by atoms with E-state index in [1.807, 2.05) is 0 Å². The van der Waals surface area contributed by atoms with Gasteiger partial charge in [0.2, 0.25) is 8.32 Å². The first kappa shape index (κ1) is 18.7. The molecule has 0 radical (unpaired) electrons. The summed E-state index contributed by atoms with van der Waals surface area (Å²) in [6, 6.07) is 12.3. The van der Waals surface area contributed by atoms with E-state index in [0.717, 1.165) is 0 Å². The normalized spacial score (nSPS) is 24.8. The van der Waals surface area contributed by atoms with Crippen molar-refractivity contribution in [2.24, 2.45) is 5.92 Å². The van der Waals surface area contributed by atoms with E-state index >= 15 is 0 Å².